The van der Waals surface area contributed by atoms with Crippen molar-refractivity contribution in [1.29, 1.82) is 0 Å². The van der Waals surface area contributed by atoms with Crippen LogP contribution in [0.1, 0.15) is 2.74 Å². The smallest absolute Gasteiger partial charge is 0.135 e. The molecule has 1 nitrogen and oxygen atoms in total. The molecule has 0 aliphatic carbocycles. The van der Waals surface area contributed by atoms with Crippen molar-refractivity contribution >= 4 is 32.3 Å². The quantitative estimate of drug-likeness (QED) is 0.200. The highest BCUT2D eigenvalue weighted by atomic mass is 16.5. The molecule has 1 heteroatoms. The van der Waals surface area contributed by atoms with Gasteiger partial charge in [0.1, 0.15) is 11.5 Å². The fraction of sp³-hybridized carbons (Fsp3) is 0. The van der Waals surface area contributed by atoms with E-state index in [1.54, 1.807) is 0 Å². The molecular formula is C42H26O. The Hall–Kier alpha value is -5.66. The molecule has 8 aromatic rings. The Bertz CT molecular complexity index is 2460. The van der Waals surface area contributed by atoms with Gasteiger partial charge in [-0.15, -0.1) is 0 Å². The zero-order chi connectivity index (χ0) is 30.1. The molecule has 0 spiro atoms. The van der Waals surface area contributed by atoms with Crippen LogP contribution in [0.4, 0.5) is 0 Å². The minimum absolute atomic E-state index is 0.463. The first-order valence-electron chi connectivity index (χ1n) is 15.6. The van der Waals surface area contributed by atoms with Crippen LogP contribution in [-0.2, 0) is 0 Å². The predicted molar refractivity (Wildman–Crippen MR) is 181 cm³/mol. The van der Waals surface area contributed by atoms with Crippen molar-refractivity contribution in [2.75, 3.05) is 0 Å². The molecule has 0 unspecified atom stereocenters. The first-order valence-corrected chi connectivity index (χ1v) is 14.6. The fourth-order valence-corrected chi connectivity index (χ4v) is 6.86. The van der Waals surface area contributed by atoms with Gasteiger partial charge in [0.05, 0.1) is 2.74 Å². The van der Waals surface area contributed by atoms with Gasteiger partial charge in [-0.1, -0.05) is 139 Å². The molecule has 0 saturated heterocycles. The Labute approximate surface area is 253 Å². The van der Waals surface area contributed by atoms with E-state index in [1.165, 1.54) is 5.56 Å². The van der Waals surface area contributed by atoms with E-state index in [9.17, 15) is 0 Å². The molecule has 9 rings (SSSR count). The van der Waals surface area contributed by atoms with Crippen LogP contribution >= 0.6 is 0 Å². The van der Waals surface area contributed by atoms with Crippen LogP contribution in [0, 0.1) is 0 Å². The molecule has 0 radical (unpaired) electrons. The third kappa shape index (κ3) is 3.65. The zero-order valence-corrected chi connectivity index (χ0v) is 23.3. The van der Waals surface area contributed by atoms with Gasteiger partial charge in [-0.25, -0.2) is 0 Å². The van der Waals surface area contributed by atoms with Gasteiger partial charge in [-0.05, 0) is 84.1 Å². The summed E-state index contributed by atoms with van der Waals surface area (Å²) in [6, 6.07) is 50.8. The average Bonchev–Trinajstić information content (AvgIpc) is 3.08. The van der Waals surface area contributed by atoms with Crippen molar-refractivity contribution in [2.24, 2.45) is 0 Å². The van der Waals surface area contributed by atoms with Gasteiger partial charge < -0.3 is 4.74 Å². The van der Waals surface area contributed by atoms with Crippen molar-refractivity contribution in [3.63, 3.8) is 0 Å². The molecule has 1 aliphatic rings. The first kappa shape index (κ1) is 22.0. The van der Waals surface area contributed by atoms with Gasteiger partial charge >= 0.3 is 0 Å². The van der Waals surface area contributed by atoms with E-state index in [4.69, 9.17) is 7.48 Å². The largest absolute Gasteiger partial charge is 0.456 e. The number of rotatable bonds is 3. The third-order valence-corrected chi connectivity index (χ3v) is 8.76. The maximum Gasteiger partial charge on any atom is 0.135 e. The van der Waals surface area contributed by atoms with Crippen LogP contribution < -0.4 is 4.74 Å². The summed E-state index contributed by atoms with van der Waals surface area (Å²) in [7, 11) is 0. The number of fused-ring (bicyclic) bond motifs is 4. The van der Waals surface area contributed by atoms with Gasteiger partial charge in [-0.3, -0.25) is 0 Å². The molecule has 0 atom stereocenters. The highest BCUT2D eigenvalue weighted by Gasteiger charge is 2.23. The van der Waals surface area contributed by atoms with Gasteiger partial charge in [0, 0.05) is 10.9 Å². The number of hydrogen-bond acceptors (Lipinski definition) is 1. The molecule has 0 saturated carbocycles. The predicted octanol–water partition coefficient (Wildman–Crippen LogP) is 11.9. The van der Waals surface area contributed by atoms with E-state index in [-0.39, 0.29) is 0 Å². The van der Waals surface area contributed by atoms with Crippen molar-refractivity contribution in [3.05, 3.63) is 158 Å². The molecule has 43 heavy (non-hydrogen) atoms. The number of hydrogen-bond donors (Lipinski definition) is 0. The highest BCUT2D eigenvalue weighted by molar-refractivity contribution is 6.24. The summed E-state index contributed by atoms with van der Waals surface area (Å²) < 4.78 is 23.7. The van der Waals surface area contributed by atoms with Crippen LogP contribution in [0.2, 0.25) is 0 Å². The maximum absolute atomic E-state index is 8.68. The van der Waals surface area contributed by atoms with Gasteiger partial charge in [0.2, 0.25) is 0 Å². The summed E-state index contributed by atoms with van der Waals surface area (Å²) in [5.74, 6) is 1.71. The summed E-state index contributed by atoms with van der Waals surface area (Å²) in [6.45, 7) is 0. The SMILES string of the molecule is [2H]c1ccc2c(-c3ccc4c5c(cccc35)-c3ccccc3O4)c3cc([2H])ccc3c(-c3ccc(-c4ccccc4)cc3)c2c1. The Balaban J connectivity index is 1.36. The topological polar surface area (TPSA) is 9.23 Å². The monoisotopic (exact) mass is 548 g/mol. The molecule has 0 N–H and O–H groups in total. The number of benzene rings is 8. The maximum atomic E-state index is 8.68. The number of para-hydroxylation sites is 1. The molecule has 8 aromatic carbocycles. The van der Waals surface area contributed by atoms with E-state index >= 15 is 0 Å². The lowest BCUT2D eigenvalue weighted by Gasteiger charge is -2.24. The number of ether oxygens (including phenoxy) is 1. The lowest BCUT2D eigenvalue weighted by Crippen LogP contribution is -1.98. The summed E-state index contributed by atoms with van der Waals surface area (Å²) in [5, 5.41) is 6.37. The lowest BCUT2D eigenvalue weighted by atomic mass is 9.83. The van der Waals surface area contributed by atoms with Crippen LogP contribution in [-0.4, -0.2) is 0 Å². The Kier molecular flexibility index (Phi) is 4.83. The van der Waals surface area contributed by atoms with Crippen molar-refractivity contribution in [2.45, 2.75) is 0 Å². The van der Waals surface area contributed by atoms with E-state index in [1.807, 2.05) is 42.5 Å². The van der Waals surface area contributed by atoms with Crippen LogP contribution in [0.3, 0.4) is 0 Å². The second kappa shape index (κ2) is 9.44. The Morgan fingerprint density at radius 3 is 1.77 bits per heavy atom. The second-order valence-corrected chi connectivity index (χ2v) is 11.1. The minimum atomic E-state index is 0.463. The van der Waals surface area contributed by atoms with E-state index in [0.717, 1.165) is 82.8 Å². The lowest BCUT2D eigenvalue weighted by molar-refractivity contribution is 0.487. The fourth-order valence-electron chi connectivity index (χ4n) is 6.86. The van der Waals surface area contributed by atoms with Crippen LogP contribution in [0.15, 0.2) is 158 Å². The van der Waals surface area contributed by atoms with Gasteiger partial charge in [0.25, 0.3) is 0 Å². The molecule has 1 heterocycles. The van der Waals surface area contributed by atoms with Crippen molar-refractivity contribution in [3.8, 4) is 56.0 Å². The Morgan fingerprint density at radius 1 is 0.349 bits per heavy atom. The first-order chi connectivity index (χ1) is 22.1. The van der Waals surface area contributed by atoms with Gasteiger partial charge in [-0.2, -0.15) is 0 Å². The summed E-state index contributed by atoms with van der Waals surface area (Å²) in [4.78, 5) is 0. The third-order valence-electron chi connectivity index (χ3n) is 8.76. The van der Waals surface area contributed by atoms with Crippen molar-refractivity contribution < 1.29 is 7.48 Å². The molecule has 200 valence electrons. The van der Waals surface area contributed by atoms with Gasteiger partial charge in [0.15, 0.2) is 0 Å². The normalized spacial score (nSPS) is 12.6. The Morgan fingerprint density at radius 2 is 0.953 bits per heavy atom. The average molecular weight is 549 g/mol. The second-order valence-electron chi connectivity index (χ2n) is 11.1. The summed E-state index contributed by atoms with van der Waals surface area (Å²) in [5.41, 5.74) is 8.90. The van der Waals surface area contributed by atoms with Crippen molar-refractivity contribution in [1.82, 2.24) is 0 Å². The molecular weight excluding hydrogens is 520 g/mol. The highest BCUT2D eigenvalue weighted by Crippen LogP contribution is 2.51. The summed E-state index contributed by atoms with van der Waals surface area (Å²) >= 11 is 0. The molecule has 0 bridgehead atoms. The molecule has 0 aromatic heterocycles. The van der Waals surface area contributed by atoms with E-state index < -0.39 is 0 Å². The van der Waals surface area contributed by atoms with Crippen LogP contribution in [0.25, 0.3) is 76.8 Å². The molecule has 0 amide bonds. The minimum Gasteiger partial charge on any atom is -0.456 e. The zero-order valence-electron chi connectivity index (χ0n) is 25.3. The molecule has 0 fully saturated rings. The van der Waals surface area contributed by atoms with E-state index in [0.29, 0.717) is 12.1 Å². The standard InChI is InChI=1S/C42H26O/c1-2-11-27(12-3-1)28-21-23-29(24-22-28)40-32-14-4-6-16-34(32)41(35-17-7-5-15-33(35)40)37-25-26-39-42-31(18-10-19-36(37)42)30-13-8-9-20-38(30)43-39/h1-26H/i4D,7D. The van der Waals surface area contributed by atoms with Crippen LogP contribution in [0.5, 0.6) is 11.5 Å². The van der Waals surface area contributed by atoms with E-state index in [2.05, 4.69) is 103 Å². The molecule has 1 aliphatic heterocycles. The summed E-state index contributed by atoms with van der Waals surface area (Å²) in [6.07, 6.45) is 0.